The summed E-state index contributed by atoms with van der Waals surface area (Å²) in [5.41, 5.74) is 0.162. The number of rotatable bonds is 6. The third kappa shape index (κ3) is 4.88. The molecule has 1 heterocycles. The van der Waals surface area contributed by atoms with Gasteiger partial charge >= 0.3 is 0 Å². The molecule has 1 saturated heterocycles. The van der Waals surface area contributed by atoms with Gasteiger partial charge in [-0.2, -0.15) is 0 Å². The highest BCUT2D eigenvalue weighted by atomic mass is 29.5. The van der Waals surface area contributed by atoms with E-state index >= 15 is 0 Å². The van der Waals surface area contributed by atoms with Gasteiger partial charge in [0.15, 0.2) is 0 Å². The van der Waals surface area contributed by atoms with Crippen LogP contribution >= 0.6 is 0 Å². The third-order valence-electron chi connectivity index (χ3n) is 3.16. The van der Waals surface area contributed by atoms with Gasteiger partial charge in [0, 0.05) is 20.9 Å². The molecule has 1 fully saturated rings. The molecule has 0 aromatic heterocycles. The Bertz CT molecular complexity index is 140. The van der Waals surface area contributed by atoms with Crippen LogP contribution in [0.15, 0.2) is 0 Å². The minimum Gasteiger partial charge on any atom is -0.428 e. The summed E-state index contributed by atoms with van der Waals surface area (Å²) in [6.45, 7) is 3.24. The summed E-state index contributed by atoms with van der Waals surface area (Å²) >= 11 is 0. The molecule has 2 unspecified atom stereocenters. The van der Waals surface area contributed by atoms with Crippen molar-refractivity contribution in [2.45, 2.75) is 50.8 Å². The Morgan fingerprint density at radius 3 is 2.93 bits per heavy atom. The first-order valence-electron chi connectivity index (χ1n) is 6.10. The van der Waals surface area contributed by atoms with Crippen LogP contribution in [0.2, 0.25) is 6.04 Å². The zero-order valence-electron chi connectivity index (χ0n) is 9.37. The lowest BCUT2D eigenvalue weighted by molar-refractivity contribution is 0.231. The first-order chi connectivity index (χ1) is 6.84. The first kappa shape index (κ1) is 12.6. The fourth-order valence-electron chi connectivity index (χ4n) is 2.12. The predicted octanol–water partition coefficient (Wildman–Crippen LogP) is -0.222. The monoisotopic (exact) mass is 248 g/mol. The lowest BCUT2D eigenvalue weighted by Gasteiger charge is -2.24. The summed E-state index contributed by atoms with van der Waals surface area (Å²) in [4.78, 5) is 0. The average molecular weight is 249 g/mol. The van der Waals surface area contributed by atoms with Crippen LogP contribution in [0.1, 0.15) is 39.0 Å². The van der Waals surface area contributed by atoms with Gasteiger partial charge in [0.05, 0.1) is 8.31 Å². The molecule has 1 N–H and O–H groups in total. The first-order valence-corrected chi connectivity index (χ1v) is 15.4. The Hall–Kier alpha value is 0.571. The molecule has 1 rings (SSSR count). The van der Waals surface area contributed by atoms with Crippen molar-refractivity contribution in [2.24, 2.45) is 0 Å². The molecule has 0 amide bonds. The molecule has 2 atom stereocenters. The van der Waals surface area contributed by atoms with Gasteiger partial charge in [0.2, 0.25) is 0 Å². The smallest absolute Gasteiger partial charge is 0.140 e. The minimum atomic E-state index is -0.641. The average Bonchev–Trinajstić information content (AvgIpc) is 2.25. The van der Waals surface area contributed by atoms with Crippen molar-refractivity contribution in [3.8, 4) is 0 Å². The van der Waals surface area contributed by atoms with Crippen LogP contribution in [0.25, 0.3) is 0 Å². The van der Waals surface area contributed by atoms with E-state index in [4.69, 9.17) is 4.43 Å². The Balaban J connectivity index is 2.04. The van der Waals surface area contributed by atoms with Crippen molar-refractivity contribution in [1.29, 1.82) is 0 Å². The van der Waals surface area contributed by atoms with Gasteiger partial charge in [0.1, 0.15) is 9.28 Å². The fourth-order valence-corrected chi connectivity index (χ4v) is 21.1. The van der Waals surface area contributed by atoms with Crippen molar-refractivity contribution >= 4 is 26.1 Å². The zero-order chi connectivity index (χ0) is 10.2. The molecule has 2 nitrogen and oxygen atoms in total. The zero-order valence-corrected chi connectivity index (χ0v) is 13.4. The maximum absolute atomic E-state index is 10.0. The number of unbranched alkanes of at least 4 members (excludes halogenated alkanes) is 3. The van der Waals surface area contributed by atoms with E-state index in [1.54, 1.807) is 0 Å². The highest BCUT2D eigenvalue weighted by Crippen LogP contribution is 2.11. The lowest BCUT2D eigenvalue weighted by Crippen LogP contribution is -2.44. The molecule has 1 aliphatic heterocycles. The molecule has 0 saturated carbocycles. The normalized spacial score (nSPS) is 28.3. The van der Waals surface area contributed by atoms with E-state index in [0.29, 0.717) is 0 Å². The van der Waals surface area contributed by atoms with Gasteiger partial charge in [-0.15, -0.1) is 0 Å². The maximum atomic E-state index is 10.0. The molecular weight excluding hydrogens is 224 g/mol. The molecule has 0 aliphatic carbocycles. The molecule has 0 spiro atoms. The van der Waals surface area contributed by atoms with E-state index in [-0.39, 0.29) is 23.6 Å². The summed E-state index contributed by atoms with van der Waals surface area (Å²) < 4.78 is 5.52. The molecule has 0 aromatic rings. The van der Waals surface area contributed by atoms with Crippen LogP contribution in [0.3, 0.4) is 0 Å². The quantitative estimate of drug-likeness (QED) is 0.520. The summed E-state index contributed by atoms with van der Waals surface area (Å²) in [6, 6.07) is 1.29. The lowest BCUT2D eigenvalue weighted by atomic mass is 10.2. The van der Waals surface area contributed by atoms with Crippen LogP contribution in [0.4, 0.5) is 0 Å². The SMILES string of the molecule is CCCCCCC(O)[SiH]1CCO[SiH2][SiH2]1. The van der Waals surface area contributed by atoms with E-state index in [2.05, 4.69) is 6.92 Å². The van der Waals surface area contributed by atoms with Crippen molar-refractivity contribution in [2.75, 3.05) is 6.61 Å². The van der Waals surface area contributed by atoms with E-state index in [9.17, 15) is 5.11 Å². The second kappa shape index (κ2) is 7.81. The number of hydrogen-bond donors (Lipinski definition) is 1. The predicted molar refractivity (Wildman–Crippen MR) is 69.8 cm³/mol. The van der Waals surface area contributed by atoms with E-state index in [0.717, 1.165) is 13.0 Å². The Morgan fingerprint density at radius 1 is 1.43 bits per heavy atom. The van der Waals surface area contributed by atoms with Crippen LogP contribution < -0.4 is 0 Å². The molecule has 84 valence electrons. The maximum Gasteiger partial charge on any atom is 0.140 e. The molecule has 0 radical (unpaired) electrons. The van der Waals surface area contributed by atoms with Crippen LogP contribution in [-0.2, 0) is 4.43 Å². The summed E-state index contributed by atoms with van der Waals surface area (Å²) in [7, 11) is -0.574. The number of hydrogen-bond acceptors (Lipinski definition) is 2. The summed E-state index contributed by atoms with van der Waals surface area (Å²) in [5, 5.41) is 10.0. The van der Waals surface area contributed by atoms with Crippen molar-refractivity contribution in [3.05, 3.63) is 0 Å². The van der Waals surface area contributed by atoms with Gasteiger partial charge in [-0.05, 0) is 12.5 Å². The second-order valence-corrected chi connectivity index (χ2v) is 19.9. The fraction of sp³-hybridized carbons (Fsp3) is 1.00. The highest BCUT2D eigenvalue weighted by Gasteiger charge is 2.23. The Labute approximate surface area is 93.4 Å². The molecular formula is C9H24O2Si3. The van der Waals surface area contributed by atoms with E-state index in [1.165, 1.54) is 31.7 Å². The molecule has 0 aromatic carbocycles. The third-order valence-corrected chi connectivity index (χ3v) is 22.6. The van der Waals surface area contributed by atoms with Gasteiger partial charge < -0.3 is 9.53 Å². The molecule has 0 bridgehead atoms. The van der Waals surface area contributed by atoms with Gasteiger partial charge in [-0.1, -0.05) is 32.6 Å². The number of aliphatic hydroxyl groups excluding tert-OH is 1. The van der Waals surface area contributed by atoms with Crippen molar-refractivity contribution in [3.63, 3.8) is 0 Å². The van der Waals surface area contributed by atoms with Gasteiger partial charge in [-0.3, -0.25) is 0 Å². The summed E-state index contributed by atoms with van der Waals surface area (Å²) in [6.07, 6.45) is 6.33. The van der Waals surface area contributed by atoms with Crippen molar-refractivity contribution < 1.29 is 9.53 Å². The Kier molecular flexibility index (Phi) is 7.05. The van der Waals surface area contributed by atoms with Crippen LogP contribution in [0.5, 0.6) is 0 Å². The van der Waals surface area contributed by atoms with Crippen LogP contribution in [-0.4, -0.2) is 43.6 Å². The molecule has 1 aliphatic rings. The topological polar surface area (TPSA) is 29.5 Å². The largest absolute Gasteiger partial charge is 0.428 e. The van der Waals surface area contributed by atoms with E-state index in [1.807, 2.05) is 0 Å². The molecule has 5 heteroatoms. The number of aliphatic hydroxyl groups is 1. The second-order valence-electron chi connectivity index (χ2n) is 4.37. The molecule has 14 heavy (non-hydrogen) atoms. The standard InChI is InChI=1S/C9H24O2Si3/c1-2-3-4-5-6-9(10)14-8-7-11-12-13-14/h9-10,14H,2-8,12-13H2,1H3. The van der Waals surface area contributed by atoms with Gasteiger partial charge in [0.25, 0.3) is 0 Å². The minimum absolute atomic E-state index is 0.0740. The van der Waals surface area contributed by atoms with E-state index < -0.39 is 8.31 Å². The Morgan fingerprint density at radius 2 is 2.29 bits per heavy atom. The van der Waals surface area contributed by atoms with Crippen LogP contribution in [0, 0.1) is 0 Å². The van der Waals surface area contributed by atoms with Crippen molar-refractivity contribution in [1.82, 2.24) is 0 Å². The van der Waals surface area contributed by atoms with Gasteiger partial charge in [-0.25, -0.2) is 0 Å². The highest BCUT2D eigenvalue weighted by molar-refractivity contribution is 7.35. The summed E-state index contributed by atoms with van der Waals surface area (Å²) in [5.74, 6) is 0.